The van der Waals surface area contributed by atoms with Crippen LogP contribution < -0.4 is 5.56 Å². The molecule has 0 unspecified atom stereocenters. The standard InChI is InChI=1S/C23H17FN2O/c24-19-13-10-17(11-14-19)12-15-22-25-21-9-5-4-8-20(21)23(27)26(22)16-18-6-2-1-3-7-18/h1-15H,16H2/b15-12+. The van der Waals surface area contributed by atoms with Crippen molar-refractivity contribution in [3.63, 3.8) is 0 Å². The molecule has 0 aliphatic rings. The number of halogens is 1. The summed E-state index contributed by atoms with van der Waals surface area (Å²) >= 11 is 0. The fourth-order valence-corrected chi connectivity index (χ4v) is 2.98. The summed E-state index contributed by atoms with van der Waals surface area (Å²) in [5.74, 6) is 0.281. The molecule has 27 heavy (non-hydrogen) atoms. The van der Waals surface area contributed by atoms with E-state index in [0.717, 1.165) is 11.1 Å². The molecule has 0 aliphatic carbocycles. The Balaban J connectivity index is 1.83. The number of hydrogen-bond donors (Lipinski definition) is 0. The molecule has 1 aromatic heterocycles. The van der Waals surface area contributed by atoms with Gasteiger partial charge in [-0.3, -0.25) is 9.36 Å². The highest BCUT2D eigenvalue weighted by Crippen LogP contribution is 2.13. The van der Waals surface area contributed by atoms with E-state index in [4.69, 9.17) is 0 Å². The molecule has 4 rings (SSSR count). The van der Waals surface area contributed by atoms with E-state index >= 15 is 0 Å². The molecule has 132 valence electrons. The Morgan fingerprint density at radius 3 is 2.33 bits per heavy atom. The molecule has 0 bridgehead atoms. The van der Waals surface area contributed by atoms with Crippen molar-refractivity contribution in [1.82, 2.24) is 9.55 Å². The number of rotatable bonds is 4. The van der Waals surface area contributed by atoms with E-state index in [1.807, 2.05) is 54.6 Å². The molecule has 0 amide bonds. The van der Waals surface area contributed by atoms with Crippen molar-refractivity contribution >= 4 is 23.1 Å². The molecule has 0 aliphatic heterocycles. The molecule has 3 aromatic carbocycles. The van der Waals surface area contributed by atoms with E-state index in [9.17, 15) is 9.18 Å². The first-order valence-corrected chi connectivity index (χ1v) is 8.68. The smallest absolute Gasteiger partial charge is 0.261 e. The molecule has 0 spiro atoms. The van der Waals surface area contributed by atoms with Crippen molar-refractivity contribution in [2.45, 2.75) is 6.54 Å². The number of benzene rings is 3. The largest absolute Gasteiger partial charge is 0.288 e. The molecule has 0 atom stereocenters. The third-order valence-electron chi connectivity index (χ3n) is 4.37. The maximum Gasteiger partial charge on any atom is 0.261 e. The van der Waals surface area contributed by atoms with Crippen LogP contribution in [0.15, 0.2) is 83.7 Å². The normalized spacial score (nSPS) is 11.3. The van der Waals surface area contributed by atoms with Gasteiger partial charge in [-0.15, -0.1) is 0 Å². The maximum absolute atomic E-state index is 13.1. The van der Waals surface area contributed by atoms with Gasteiger partial charge in [-0.2, -0.15) is 0 Å². The zero-order valence-electron chi connectivity index (χ0n) is 14.5. The fraction of sp³-hybridized carbons (Fsp3) is 0.0435. The van der Waals surface area contributed by atoms with Gasteiger partial charge in [0.25, 0.3) is 5.56 Å². The van der Waals surface area contributed by atoms with Gasteiger partial charge >= 0.3 is 0 Å². The molecule has 0 saturated carbocycles. The second-order valence-corrected chi connectivity index (χ2v) is 6.25. The third kappa shape index (κ3) is 3.70. The third-order valence-corrected chi connectivity index (χ3v) is 4.37. The van der Waals surface area contributed by atoms with Crippen LogP contribution in [-0.4, -0.2) is 9.55 Å². The van der Waals surface area contributed by atoms with Crippen molar-refractivity contribution in [3.8, 4) is 0 Å². The lowest BCUT2D eigenvalue weighted by Crippen LogP contribution is -2.24. The van der Waals surface area contributed by atoms with Crippen molar-refractivity contribution in [3.05, 3.63) is 112 Å². The van der Waals surface area contributed by atoms with Crippen molar-refractivity contribution < 1.29 is 4.39 Å². The van der Waals surface area contributed by atoms with Gasteiger partial charge in [0.05, 0.1) is 17.4 Å². The first-order valence-electron chi connectivity index (χ1n) is 8.68. The Hall–Kier alpha value is -3.53. The van der Waals surface area contributed by atoms with E-state index in [1.54, 1.807) is 28.8 Å². The summed E-state index contributed by atoms with van der Waals surface area (Å²) in [5, 5.41) is 0.590. The summed E-state index contributed by atoms with van der Waals surface area (Å²) in [6.45, 7) is 0.431. The van der Waals surface area contributed by atoms with Crippen molar-refractivity contribution in [2.75, 3.05) is 0 Å². The van der Waals surface area contributed by atoms with E-state index in [2.05, 4.69) is 4.98 Å². The van der Waals surface area contributed by atoms with Crippen LogP contribution in [0.4, 0.5) is 4.39 Å². The number of para-hydroxylation sites is 1. The molecule has 0 saturated heterocycles. The summed E-state index contributed by atoms with van der Waals surface area (Å²) < 4.78 is 14.8. The molecular formula is C23H17FN2O. The molecular weight excluding hydrogens is 339 g/mol. The minimum absolute atomic E-state index is 0.0804. The molecule has 0 N–H and O–H groups in total. The molecule has 4 aromatic rings. The van der Waals surface area contributed by atoms with Gasteiger partial charge in [-0.1, -0.05) is 60.7 Å². The number of nitrogens with zero attached hydrogens (tertiary/aromatic N) is 2. The molecule has 3 nitrogen and oxygen atoms in total. The second kappa shape index (κ2) is 7.38. The average molecular weight is 356 g/mol. The summed E-state index contributed by atoms with van der Waals surface area (Å²) in [6.07, 6.45) is 3.63. The van der Waals surface area contributed by atoms with E-state index in [1.165, 1.54) is 12.1 Å². The number of aromatic nitrogens is 2. The van der Waals surface area contributed by atoms with Crippen LogP contribution >= 0.6 is 0 Å². The zero-order valence-corrected chi connectivity index (χ0v) is 14.5. The van der Waals surface area contributed by atoms with Crippen molar-refractivity contribution in [2.24, 2.45) is 0 Å². The van der Waals surface area contributed by atoms with Gasteiger partial charge < -0.3 is 0 Å². The van der Waals surface area contributed by atoms with Gasteiger partial charge in [-0.05, 0) is 41.5 Å². The van der Waals surface area contributed by atoms with E-state index in [0.29, 0.717) is 23.3 Å². The maximum atomic E-state index is 13.1. The summed E-state index contributed by atoms with van der Waals surface area (Å²) in [4.78, 5) is 17.7. The van der Waals surface area contributed by atoms with E-state index in [-0.39, 0.29) is 11.4 Å². The molecule has 0 radical (unpaired) electrons. The van der Waals surface area contributed by atoms with Gasteiger partial charge in [0.15, 0.2) is 0 Å². The topological polar surface area (TPSA) is 34.9 Å². The minimum Gasteiger partial charge on any atom is -0.288 e. The van der Waals surface area contributed by atoms with Crippen molar-refractivity contribution in [1.29, 1.82) is 0 Å². The Bertz CT molecular complexity index is 1160. The Kier molecular flexibility index (Phi) is 4.62. The average Bonchev–Trinajstić information content (AvgIpc) is 2.71. The lowest BCUT2D eigenvalue weighted by Gasteiger charge is -2.11. The number of hydrogen-bond acceptors (Lipinski definition) is 2. The van der Waals surface area contributed by atoms with Gasteiger partial charge in [0, 0.05) is 0 Å². The fourth-order valence-electron chi connectivity index (χ4n) is 2.98. The van der Waals surface area contributed by atoms with Crippen LogP contribution in [0.5, 0.6) is 0 Å². The first kappa shape index (κ1) is 16.9. The van der Waals surface area contributed by atoms with Crippen LogP contribution in [0.2, 0.25) is 0 Å². The monoisotopic (exact) mass is 356 g/mol. The molecule has 1 heterocycles. The lowest BCUT2D eigenvalue weighted by molar-refractivity contribution is 0.628. The van der Waals surface area contributed by atoms with Crippen LogP contribution in [0.1, 0.15) is 17.0 Å². The molecule has 0 fully saturated rings. The van der Waals surface area contributed by atoms with Crippen LogP contribution in [0, 0.1) is 5.82 Å². The minimum atomic E-state index is -0.281. The van der Waals surface area contributed by atoms with Crippen LogP contribution in [0.3, 0.4) is 0 Å². The summed E-state index contributed by atoms with van der Waals surface area (Å²) in [7, 11) is 0. The second-order valence-electron chi connectivity index (χ2n) is 6.25. The van der Waals surface area contributed by atoms with Gasteiger partial charge in [0.2, 0.25) is 0 Å². The Morgan fingerprint density at radius 2 is 1.56 bits per heavy atom. The SMILES string of the molecule is O=c1c2ccccc2nc(/C=C/c2ccc(F)cc2)n1Cc1ccccc1. The summed E-state index contributed by atoms with van der Waals surface area (Å²) in [5.41, 5.74) is 2.44. The van der Waals surface area contributed by atoms with Crippen LogP contribution in [-0.2, 0) is 6.54 Å². The first-order chi connectivity index (χ1) is 13.2. The van der Waals surface area contributed by atoms with Gasteiger partial charge in [0.1, 0.15) is 11.6 Å². The van der Waals surface area contributed by atoms with Crippen LogP contribution in [0.25, 0.3) is 23.1 Å². The highest BCUT2D eigenvalue weighted by molar-refractivity contribution is 5.79. The van der Waals surface area contributed by atoms with Gasteiger partial charge in [-0.25, -0.2) is 9.37 Å². The zero-order chi connectivity index (χ0) is 18.6. The molecule has 4 heteroatoms. The lowest BCUT2D eigenvalue weighted by atomic mass is 10.2. The summed E-state index contributed by atoms with van der Waals surface area (Å²) in [6, 6.07) is 23.3. The quantitative estimate of drug-likeness (QED) is 0.529. The Morgan fingerprint density at radius 1 is 0.852 bits per heavy atom. The van der Waals surface area contributed by atoms with E-state index < -0.39 is 0 Å². The predicted octanol–water partition coefficient (Wildman–Crippen LogP) is 4.75. The number of fused-ring (bicyclic) bond motifs is 1. The predicted molar refractivity (Wildman–Crippen MR) is 107 cm³/mol. The highest BCUT2D eigenvalue weighted by atomic mass is 19.1. The Labute approximate surface area is 156 Å². The highest BCUT2D eigenvalue weighted by Gasteiger charge is 2.09.